The summed E-state index contributed by atoms with van der Waals surface area (Å²) in [4.78, 5) is 25.5. The van der Waals surface area contributed by atoms with E-state index in [1.807, 2.05) is 30.3 Å². The molecule has 1 aliphatic heterocycles. The van der Waals surface area contributed by atoms with E-state index >= 15 is 0 Å². The molecule has 4 rings (SSSR count). The van der Waals surface area contributed by atoms with Crippen molar-refractivity contribution in [3.05, 3.63) is 76.8 Å². The van der Waals surface area contributed by atoms with Gasteiger partial charge in [0.05, 0.1) is 18.9 Å². The van der Waals surface area contributed by atoms with Crippen LogP contribution in [0.15, 0.2) is 54.6 Å². The Kier molecular flexibility index (Phi) is 9.57. The highest BCUT2D eigenvalue weighted by molar-refractivity contribution is 6.30. The quantitative estimate of drug-likeness (QED) is 0.474. The van der Waals surface area contributed by atoms with Gasteiger partial charge in [0, 0.05) is 48.7 Å². The number of nitrogens with one attached hydrogen (secondary N) is 2. The van der Waals surface area contributed by atoms with Crippen LogP contribution in [0, 0.1) is 5.82 Å². The molecule has 2 amide bonds. The number of nitrogens with zero attached hydrogens (tertiary/aromatic N) is 2. The van der Waals surface area contributed by atoms with Crippen molar-refractivity contribution < 1.29 is 18.7 Å². The number of carbonyl (C=O) groups is 2. The van der Waals surface area contributed by atoms with Gasteiger partial charge in [0.15, 0.2) is 5.69 Å². The van der Waals surface area contributed by atoms with Crippen LogP contribution in [0.3, 0.4) is 0 Å². The van der Waals surface area contributed by atoms with Gasteiger partial charge in [0.1, 0.15) is 5.82 Å². The van der Waals surface area contributed by atoms with Crippen LogP contribution in [0.5, 0.6) is 0 Å². The van der Waals surface area contributed by atoms with Crippen molar-refractivity contribution in [2.24, 2.45) is 5.73 Å². The summed E-state index contributed by atoms with van der Waals surface area (Å²) in [5.41, 5.74) is 6.56. The summed E-state index contributed by atoms with van der Waals surface area (Å²) < 4.78 is 19.8. The number of aromatic amines is 1. The summed E-state index contributed by atoms with van der Waals surface area (Å²) in [6.07, 6.45) is 0.0197. The number of amides is 2. The fraction of sp³-hybridized carbons (Fsp3) is 0.292. The smallest absolute Gasteiger partial charge is 0.272 e. The lowest BCUT2D eigenvalue weighted by Crippen LogP contribution is -2.35. The van der Waals surface area contributed by atoms with E-state index in [1.54, 1.807) is 18.2 Å². The minimum Gasteiger partial charge on any atom is -0.379 e. The third-order valence-electron chi connectivity index (χ3n) is 5.08. The van der Waals surface area contributed by atoms with Gasteiger partial charge in [-0.2, -0.15) is 5.10 Å². The number of halogens is 2. The Bertz CT molecular complexity index is 1090. The second kappa shape index (κ2) is 12.8. The molecule has 0 spiro atoms. The predicted molar refractivity (Wildman–Crippen MR) is 128 cm³/mol. The van der Waals surface area contributed by atoms with Crippen molar-refractivity contribution in [2.45, 2.75) is 13.0 Å². The first-order valence-electron chi connectivity index (χ1n) is 10.8. The first-order chi connectivity index (χ1) is 16.5. The Morgan fingerprint density at radius 1 is 1.12 bits per heavy atom. The van der Waals surface area contributed by atoms with E-state index in [0.29, 0.717) is 36.6 Å². The third kappa shape index (κ3) is 7.38. The average Bonchev–Trinajstić information content (AvgIpc) is 3.24. The number of carbonyl (C=O) groups excluding carboxylic acids is 2. The number of aromatic nitrogens is 2. The van der Waals surface area contributed by atoms with Crippen LogP contribution in [0.4, 0.5) is 4.39 Å². The molecule has 2 heterocycles. The summed E-state index contributed by atoms with van der Waals surface area (Å²) in [6, 6.07) is 15.7. The van der Waals surface area contributed by atoms with E-state index in [-0.39, 0.29) is 18.7 Å². The van der Waals surface area contributed by atoms with Crippen LogP contribution < -0.4 is 11.1 Å². The highest BCUT2D eigenvalue weighted by atomic mass is 35.5. The van der Waals surface area contributed by atoms with Crippen molar-refractivity contribution in [2.75, 3.05) is 32.8 Å². The van der Waals surface area contributed by atoms with Crippen LogP contribution in [-0.4, -0.2) is 59.8 Å². The number of H-pyrrole nitrogens is 1. The Balaban J connectivity index is 0.000000396. The summed E-state index contributed by atoms with van der Waals surface area (Å²) >= 11 is 5.54. The summed E-state index contributed by atoms with van der Waals surface area (Å²) in [5.74, 6) is -1.44. The SMILES string of the molecule is Clc1ccccc1.NC(=O)CCNC(=O)c1n[nH]c(CN2CCOCC2)c1-c1ccccc1F. The number of rotatable bonds is 7. The zero-order valence-electron chi connectivity index (χ0n) is 18.6. The van der Waals surface area contributed by atoms with Gasteiger partial charge in [0.25, 0.3) is 5.91 Å². The minimum absolute atomic E-state index is 0.0197. The van der Waals surface area contributed by atoms with Crippen molar-refractivity contribution in [1.29, 1.82) is 0 Å². The summed E-state index contributed by atoms with van der Waals surface area (Å²) in [7, 11) is 0. The lowest BCUT2D eigenvalue weighted by atomic mass is 10.0. The van der Waals surface area contributed by atoms with E-state index in [9.17, 15) is 14.0 Å². The largest absolute Gasteiger partial charge is 0.379 e. The van der Waals surface area contributed by atoms with E-state index < -0.39 is 17.6 Å². The Hall–Kier alpha value is -3.27. The molecule has 1 aliphatic rings. The topological polar surface area (TPSA) is 113 Å². The molecule has 2 aromatic carbocycles. The summed E-state index contributed by atoms with van der Waals surface area (Å²) in [5, 5.41) is 10.4. The number of morpholine rings is 1. The number of hydrogen-bond donors (Lipinski definition) is 3. The van der Waals surface area contributed by atoms with E-state index in [1.165, 1.54) is 6.07 Å². The third-order valence-corrected chi connectivity index (χ3v) is 5.33. The van der Waals surface area contributed by atoms with Crippen LogP contribution in [-0.2, 0) is 16.1 Å². The fourth-order valence-corrected chi connectivity index (χ4v) is 3.54. The van der Waals surface area contributed by atoms with Gasteiger partial charge in [-0.3, -0.25) is 19.6 Å². The lowest BCUT2D eigenvalue weighted by molar-refractivity contribution is -0.117. The number of nitrogens with two attached hydrogens (primary N) is 1. The van der Waals surface area contributed by atoms with Gasteiger partial charge in [-0.25, -0.2) is 4.39 Å². The molecule has 0 bridgehead atoms. The van der Waals surface area contributed by atoms with Gasteiger partial charge in [-0.05, 0) is 18.2 Å². The van der Waals surface area contributed by atoms with Gasteiger partial charge in [-0.15, -0.1) is 0 Å². The molecule has 0 aliphatic carbocycles. The van der Waals surface area contributed by atoms with E-state index in [2.05, 4.69) is 20.4 Å². The van der Waals surface area contributed by atoms with Crippen molar-refractivity contribution in [3.8, 4) is 11.1 Å². The zero-order valence-corrected chi connectivity index (χ0v) is 19.4. The summed E-state index contributed by atoms with van der Waals surface area (Å²) in [6.45, 7) is 3.34. The number of hydrogen-bond acceptors (Lipinski definition) is 5. The molecule has 1 saturated heterocycles. The number of benzene rings is 2. The normalized spacial score (nSPS) is 13.6. The zero-order chi connectivity index (χ0) is 24.3. The van der Waals surface area contributed by atoms with E-state index in [4.69, 9.17) is 22.1 Å². The molecule has 4 N–H and O–H groups in total. The molecule has 8 nitrogen and oxygen atoms in total. The maximum absolute atomic E-state index is 14.4. The standard InChI is InChI=1S/C18H22FN5O3.C6H5Cl/c19-13-4-2-1-3-12(13)16-14(11-24-7-9-27-10-8-24)22-23-17(16)18(26)21-6-5-15(20)25;7-6-4-2-1-3-5-6/h1-4H,5-11H2,(H2,20,25)(H,21,26)(H,22,23);1-5H. The van der Waals surface area contributed by atoms with Crippen LogP contribution in [0.1, 0.15) is 22.6 Å². The molecule has 0 saturated carbocycles. The van der Waals surface area contributed by atoms with Gasteiger partial charge < -0.3 is 15.8 Å². The van der Waals surface area contributed by atoms with Crippen molar-refractivity contribution in [1.82, 2.24) is 20.4 Å². The molecule has 1 fully saturated rings. The maximum atomic E-state index is 14.4. The Morgan fingerprint density at radius 2 is 1.79 bits per heavy atom. The molecule has 10 heteroatoms. The maximum Gasteiger partial charge on any atom is 0.272 e. The molecule has 1 aromatic heterocycles. The molecular weight excluding hydrogens is 461 g/mol. The van der Waals surface area contributed by atoms with Gasteiger partial charge in [-0.1, -0.05) is 48.0 Å². The van der Waals surface area contributed by atoms with Gasteiger partial charge in [0.2, 0.25) is 5.91 Å². The number of ether oxygens (including phenoxy) is 1. The average molecular weight is 488 g/mol. The van der Waals surface area contributed by atoms with Crippen LogP contribution in [0.25, 0.3) is 11.1 Å². The second-order valence-corrected chi connectivity index (χ2v) is 8.00. The van der Waals surface area contributed by atoms with Gasteiger partial charge >= 0.3 is 0 Å². The van der Waals surface area contributed by atoms with Crippen LogP contribution in [0.2, 0.25) is 5.02 Å². The van der Waals surface area contributed by atoms with E-state index in [0.717, 1.165) is 18.1 Å². The lowest BCUT2D eigenvalue weighted by Gasteiger charge is -2.26. The molecule has 3 aromatic rings. The molecule has 180 valence electrons. The molecule has 0 unspecified atom stereocenters. The Morgan fingerprint density at radius 3 is 2.41 bits per heavy atom. The predicted octanol–water partition coefficient (Wildman–Crippen LogP) is 2.99. The second-order valence-electron chi connectivity index (χ2n) is 7.56. The van der Waals surface area contributed by atoms with Crippen molar-refractivity contribution in [3.63, 3.8) is 0 Å². The molecule has 0 radical (unpaired) electrons. The Labute approximate surface area is 202 Å². The highest BCUT2D eigenvalue weighted by Crippen LogP contribution is 2.29. The first-order valence-corrected chi connectivity index (χ1v) is 11.2. The highest BCUT2D eigenvalue weighted by Gasteiger charge is 2.24. The monoisotopic (exact) mass is 487 g/mol. The molecule has 34 heavy (non-hydrogen) atoms. The van der Waals surface area contributed by atoms with Crippen LogP contribution >= 0.6 is 11.6 Å². The minimum atomic E-state index is -0.514. The fourth-order valence-electron chi connectivity index (χ4n) is 3.39. The molecular formula is C24H27ClFN5O3. The molecule has 0 atom stereocenters. The van der Waals surface area contributed by atoms with Crippen molar-refractivity contribution >= 4 is 23.4 Å². The number of primary amides is 1. The first kappa shape index (κ1) is 25.4.